The second-order valence-electron chi connectivity index (χ2n) is 5.34. The molecule has 1 aliphatic heterocycles. The molecule has 0 radical (unpaired) electrons. The molecule has 1 amide bonds. The number of nitrogens with one attached hydrogen (secondary N) is 2. The van der Waals surface area contributed by atoms with E-state index in [-0.39, 0.29) is 11.9 Å². The van der Waals surface area contributed by atoms with Gasteiger partial charge in [0.25, 0.3) is 0 Å². The first-order valence-electron chi connectivity index (χ1n) is 7.34. The minimum Gasteiger partial charge on any atom is -0.441 e. The lowest BCUT2D eigenvalue weighted by Crippen LogP contribution is -2.43. The summed E-state index contributed by atoms with van der Waals surface area (Å²) in [5.41, 5.74) is 1.57. The third kappa shape index (κ3) is 3.72. The number of morpholine rings is 1. The van der Waals surface area contributed by atoms with Crippen molar-refractivity contribution in [2.45, 2.75) is 19.4 Å². The molecule has 2 heterocycles. The largest absolute Gasteiger partial charge is 0.441 e. The van der Waals surface area contributed by atoms with Crippen LogP contribution in [0.3, 0.4) is 0 Å². The van der Waals surface area contributed by atoms with Gasteiger partial charge in [-0.2, -0.15) is 0 Å². The van der Waals surface area contributed by atoms with Gasteiger partial charge in [-0.1, -0.05) is 6.07 Å². The van der Waals surface area contributed by atoms with E-state index in [1.54, 1.807) is 6.20 Å². The molecule has 22 heavy (non-hydrogen) atoms. The van der Waals surface area contributed by atoms with Crippen LogP contribution in [0.25, 0.3) is 11.5 Å². The first-order valence-corrected chi connectivity index (χ1v) is 7.34. The number of aromatic nitrogens is 1. The standard InChI is InChI=1S/C16H19N3O3/c1-11-9-18-16(22-11)12-3-2-4-13(7-12)19-15(20)8-14-10-21-6-5-17-14/h2-4,7,9,14,17H,5-6,8,10H2,1H3,(H,19,20). The Morgan fingerprint density at radius 2 is 2.41 bits per heavy atom. The first kappa shape index (κ1) is 14.7. The van der Waals surface area contributed by atoms with Crippen molar-refractivity contribution in [1.82, 2.24) is 10.3 Å². The van der Waals surface area contributed by atoms with Gasteiger partial charge in [-0.25, -0.2) is 4.98 Å². The fraction of sp³-hybridized carbons (Fsp3) is 0.375. The van der Waals surface area contributed by atoms with E-state index in [4.69, 9.17) is 9.15 Å². The first-order chi connectivity index (χ1) is 10.7. The number of hydrogen-bond acceptors (Lipinski definition) is 5. The number of rotatable bonds is 4. The van der Waals surface area contributed by atoms with Crippen molar-refractivity contribution < 1.29 is 13.9 Å². The van der Waals surface area contributed by atoms with Crippen molar-refractivity contribution in [2.24, 2.45) is 0 Å². The Kier molecular flexibility index (Phi) is 4.50. The summed E-state index contributed by atoms with van der Waals surface area (Å²) in [5.74, 6) is 1.27. The minimum atomic E-state index is -0.0382. The Morgan fingerprint density at radius 3 is 3.14 bits per heavy atom. The second-order valence-corrected chi connectivity index (χ2v) is 5.34. The smallest absolute Gasteiger partial charge is 0.226 e. The van der Waals surface area contributed by atoms with E-state index >= 15 is 0 Å². The SMILES string of the molecule is Cc1cnc(-c2cccc(NC(=O)CC3COCCN3)c2)o1. The Hall–Kier alpha value is -2.18. The monoisotopic (exact) mass is 301 g/mol. The van der Waals surface area contributed by atoms with E-state index in [1.807, 2.05) is 31.2 Å². The number of nitrogens with zero attached hydrogens (tertiary/aromatic N) is 1. The highest BCUT2D eigenvalue weighted by Crippen LogP contribution is 2.22. The Balaban J connectivity index is 1.63. The predicted octanol–water partition coefficient (Wildman–Crippen LogP) is 1.97. The molecule has 116 valence electrons. The summed E-state index contributed by atoms with van der Waals surface area (Å²) < 4.78 is 10.8. The Labute approximate surface area is 128 Å². The van der Waals surface area contributed by atoms with Crippen LogP contribution in [0.1, 0.15) is 12.2 Å². The number of aryl methyl sites for hydroxylation is 1. The summed E-state index contributed by atoms with van der Waals surface area (Å²) >= 11 is 0. The summed E-state index contributed by atoms with van der Waals surface area (Å²) in [6, 6.07) is 7.55. The van der Waals surface area contributed by atoms with Crippen molar-refractivity contribution in [3.63, 3.8) is 0 Å². The van der Waals surface area contributed by atoms with Crippen molar-refractivity contribution >= 4 is 11.6 Å². The fourth-order valence-electron chi connectivity index (χ4n) is 2.40. The topological polar surface area (TPSA) is 76.4 Å². The molecule has 1 aliphatic rings. The molecule has 2 aromatic rings. The summed E-state index contributed by atoms with van der Waals surface area (Å²) in [4.78, 5) is 16.3. The number of benzene rings is 1. The molecule has 0 spiro atoms. The van der Waals surface area contributed by atoms with Gasteiger partial charge < -0.3 is 19.8 Å². The molecular weight excluding hydrogens is 282 g/mol. The van der Waals surface area contributed by atoms with E-state index < -0.39 is 0 Å². The molecule has 1 aromatic carbocycles. The van der Waals surface area contributed by atoms with Crippen LogP contribution >= 0.6 is 0 Å². The minimum absolute atomic E-state index is 0.0382. The highest BCUT2D eigenvalue weighted by Gasteiger charge is 2.17. The van der Waals surface area contributed by atoms with E-state index in [0.717, 1.165) is 23.6 Å². The number of ether oxygens (including phenoxy) is 1. The maximum Gasteiger partial charge on any atom is 0.226 e. The maximum atomic E-state index is 12.1. The van der Waals surface area contributed by atoms with Gasteiger partial charge in [-0.3, -0.25) is 4.79 Å². The van der Waals surface area contributed by atoms with Crippen LogP contribution in [0.15, 0.2) is 34.9 Å². The van der Waals surface area contributed by atoms with E-state index in [0.29, 0.717) is 25.5 Å². The van der Waals surface area contributed by atoms with Gasteiger partial charge in [-0.15, -0.1) is 0 Å². The molecule has 0 aliphatic carbocycles. The number of oxazole rings is 1. The van der Waals surface area contributed by atoms with Crippen molar-refractivity contribution in [1.29, 1.82) is 0 Å². The maximum absolute atomic E-state index is 12.1. The molecule has 0 saturated carbocycles. The summed E-state index contributed by atoms with van der Waals surface area (Å²) in [5, 5.41) is 6.17. The third-order valence-electron chi connectivity index (χ3n) is 3.44. The quantitative estimate of drug-likeness (QED) is 0.903. The fourth-order valence-corrected chi connectivity index (χ4v) is 2.40. The average Bonchev–Trinajstić information content (AvgIpc) is 2.95. The number of carbonyl (C=O) groups is 1. The lowest BCUT2D eigenvalue weighted by molar-refractivity contribution is -0.117. The molecule has 1 saturated heterocycles. The highest BCUT2D eigenvalue weighted by molar-refractivity contribution is 5.91. The van der Waals surface area contributed by atoms with Crippen LogP contribution in [0.5, 0.6) is 0 Å². The van der Waals surface area contributed by atoms with Crippen LogP contribution in [0.4, 0.5) is 5.69 Å². The van der Waals surface area contributed by atoms with Crippen LogP contribution in [0, 0.1) is 6.92 Å². The second kappa shape index (κ2) is 6.72. The average molecular weight is 301 g/mol. The van der Waals surface area contributed by atoms with Gasteiger partial charge in [-0.05, 0) is 25.1 Å². The number of amides is 1. The molecule has 1 unspecified atom stereocenters. The van der Waals surface area contributed by atoms with Crippen molar-refractivity contribution in [2.75, 3.05) is 25.1 Å². The van der Waals surface area contributed by atoms with Crippen LogP contribution in [-0.2, 0) is 9.53 Å². The molecule has 6 heteroatoms. The Morgan fingerprint density at radius 1 is 1.50 bits per heavy atom. The van der Waals surface area contributed by atoms with Gasteiger partial charge in [0.05, 0.1) is 19.4 Å². The zero-order valence-electron chi connectivity index (χ0n) is 12.5. The molecule has 1 fully saturated rings. The molecule has 6 nitrogen and oxygen atoms in total. The predicted molar refractivity (Wildman–Crippen MR) is 82.5 cm³/mol. The van der Waals surface area contributed by atoms with Gasteiger partial charge >= 0.3 is 0 Å². The van der Waals surface area contributed by atoms with Crippen molar-refractivity contribution in [3.8, 4) is 11.5 Å². The van der Waals surface area contributed by atoms with Gasteiger partial charge in [0.1, 0.15) is 5.76 Å². The van der Waals surface area contributed by atoms with Crippen LogP contribution in [0.2, 0.25) is 0 Å². The normalized spacial score (nSPS) is 18.1. The number of hydrogen-bond donors (Lipinski definition) is 2. The van der Waals surface area contributed by atoms with Crippen molar-refractivity contribution in [3.05, 3.63) is 36.2 Å². The summed E-state index contributed by atoms with van der Waals surface area (Å²) in [6.45, 7) is 3.91. The molecular formula is C16H19N3O3. The van der Waals surface area contributed by atoms with Gasteiger partial charge in [0.2, 0.25) is 11.8 Å². The molecule has 2 N–H and O–H groups in total. The van der Waals surface area contributed by atoms with Gasteiger partial charge in [0.15, 0.2) is 0 Å². The third-order valence-corrected chi connectivity index (χ3v) is 3.44. The van der Waals surface area contributed by atoms with Crippen LogP contribution in [-0.4, -0.2) is 36.7 Å². The molecule has 3 rings (SSSR count). The Bertz CT molecular complexity index is 648. The lowest BCUT2D eigenvalue weighted by Gasteiger charge is -2.23. The van der Waals surface area contributed by atoms with Gasteiger partial charge in [0, 0.05) is 30.3 Å². The van der Waals surface area contributed by atoms with E-state index in [2.05, 4.69) is 15.6 Å². The zero-order chi connectivity index (χ0) is 15.4. The summed E-state index contributed by atoms with van der Waals surface area (Å²) in [7, 11) is 0. The molecule has 1 atom stereocenters. The highest BCUT2D eigenvalue weighted by atomic mass is 16.5. The molecule has 1 aromatic heterocycles. The van der Waals surface area contributed by atoms with E-state index in [1.165, 1.54) is 0 Å². The summed E-state index contributed by atoms with van der Waals surface area (Å²) in [6.07, 6.45) is 2.07. The molecule has 0 bridgehead atoms. The van der Waals surface area contributed by atoms with Crippen LogP contribution < -0.4 is 10.6 Å². The van der Waals surface area contributed by atoms with E-state index in [9.17, 15) is 4.79 Å². The zero-order valence-corrected chi connectivity index (χ0v) is 12.5. The lowest BCUT2D eigenvalue weighted by atomic mass is 10.1. The number of carbonyl (C=O) groups excluding carboxylic acids is 1. The number of anilines is 1.